The van der Waals surface area contributed by atoms with Gasteiger partial charge in [-0.2, -0.15) is 0 Å². The zero-order chi connectivity index (χ0) is 13.9. The standard InChI is InChI=1S/C18H28N2/c1-14-7-5-8-16-17(13-15(2)18(14)16)19-9-6-12-20-10-3-4-11-20/h5,7-8,15,17,19H,3-4,6,9-13H2,1-2H3/t15-,17+/m0/s1. The molecule has 0 aromatic heterocycles. The van der Waals surface area contributed by atoms with Crippen molar-refractivity contribution in [2.75, 3.05) is 26.2 Å². The Morgan fingerprint density at radius 1 is 1.25 bits per heavy atom. The number of hydrogen-bond donors (Lipinski definition) is 1. The number of nitrogens with zero attached hydrogens (tertiary/aromatic N) is 1. The SMILES string of the molecule is Cc1cccc2c1[C@@H](C)C[C@H]2NCCCN1CCCC1. The maximum atomic E-state index is 3.79. The summed E-state index contributed by atoms with van der Waals surface area (Å²) >= 11 is 0. The Balaban J connectivity index is 1.51. The van der Waals surface area contributed by atoms with Crippen molar-refractivity contribution in [3.8, 4) is 0 Å². The molecule has 1 aromatic carbocycles. The van der Waals surface area contributed by atoms with E-state index in [1.807, 2.05) is 0 Å². The maximum absolute atomic E-state index is 3.79. The highest BCUT2D eigenvalue weighted by molar-refractivity contribution is 5.43. The third-order valence-electron chi connectivity index (χ3n) is 5.06. The topological polar surface area (TPSA) is 15.3 Å². The lowest BCUT2D eigenvalue weighted by Gasteiger charge is -2.17. The fourth-order valence-corrected chi connectivity index (χ4v) is 4.06. The Hall–Kier alpha value is -0.860. The lowest BCUT2D eigenvalue weighted by Crippen LogP contribution is -2.26. The molecule has 20 heavy (non-hydrogen) atoms. The Labute approximate surface area is 123 Å². The average Bonchev–Trinajstić information content (AvgIpc) is 3.04. The minimum absolute atomic E-state index is 0.582. The van der Waals surface area contributed by atoms with Crippen LogP contribution in [0.3, 0.4) is 0 Å². The van der Waals surface area contributed by atoms with E-state index < -0.39 is 0 Å². The van der Waals surface area contributed by atoms with E-state index in [1.165, 1.54) is 50.9 Å². The zero-order valence-corrected chi connectivity index (χ0v) is 13.0. The van der Waals surface area contributed by atoms with Gasteiger partial charge in [0, 0.05) is 6.04 Å². The van der Waals surface area contributed by atoms with Gasteiger partial charge in [0.1, 0.15) is 0 Å². The van der Waals surface area contributed by atoms with Gasteiger partial charge < -0.3 is 10.2 Å². The third-order valence-corrected chi connectivity index (χ3v) is 5.06. The van der Waals surface area contributed by atoms with E-state index in [1.54, 1.807) is 11.1 Å². The summed E-state index contributed by atoms with van der Waals surface area (Å²) in [5, 5.41) is 3.79. The van der Waals surface area contributed by atoms with Gasteiger partial charge in [-0.25, -0.2) is 0 Å². The number of fused-ring (bicyclic) bond motifs is 1. The lowest BCUT2D eigenvalue weighted by molar-refractivity contribution is 0.327. The molecular weight excluding hydrogens is 244 g/mol. The molecule has 3 rings (SSSR count). The third kappa shape index (κ3) is 2.91. The van der Waals surface area contributed by atoms with Crippen LogP contribution in [-0.4, -0.2) is 31.1 Å². The number of likely N-dealkylation sites (tertiary alicyclic amines) is 1. The van der Waals surface area contributed by atoms with Crippen LogP contribution in [0.2, 0.25) is 0 Å². The summed E-state index contributed by atoms with van der Waals surface area (Å²) in [6.45, 7) is 9.70. The van der Waals surface area contributed by atoms with E-state index in [0.29, 0.717) is 12.0 Å². The summed E-state index contributed by atoms with van der Waals surface area (Å²) in [7, 11) is 0. The zero-order valence-electron chi connectivity index (χ0n) is 13.0. The predicted octanol–water partition coefficient (Wildman–Crippen LogP) is 3.62. The fourth-order valence-electron chi connectivity index (χ4n) is 4.06. The molecule has 2 heteroatoms. The molecule has 0 spiro atoms. The van der Waals surface area contributed by atoms with Crippen LogP contribution in [0.1, 0.15) is 61.3 Å². The molecule has 2 atom stereocenters. The van der Waals surface area contributed by atoms with Crippen molar-refractivity contribution in [3.05, 3.63) is 34.9 Å². The van der Waals surface area contributed by atoms with Crippen molar-refractivity contribution < 1.29 is 0 Å². The second-order valence-electron chi connectivity index (χ2n) is 6.62. The number of nitrogens with one attached hydrogen (secondary N) is 1. The van der Waals surface area contributed by atoms with Gasteiger partial charge in [0.05, 0.1) is 0 Å². The Morgan fingerprint density at radius 2 is 2.05 bits per heavy atom. The summed E-state index contributed by atoms with van der Waals surface area (Å²) in [5.74, 6) is 0.710. The Kier molecular flexibility index (Phi) is 4.42. The number of hydrogen-bond acceptors (Lipinski definition) is 2. The van der Waals surface area contributed by atoms with Gasteiger partial charge in [-0.1, -0.05) is 25.1 Å². The molecule has 1 saturated heterocycles. The average molecular weight is 272 g/mol. The maximum Gasteiger partial charge on any atom is 0.0328 e. The minimum atomic E-state index is 0.582. The van der Waals surface area contributed by atoms with Crippen LogP contribution in [0.5, 0.6) is 0 Å². The number of aryl methyl sites for hydroxylation is 1. The first kappa shape index (κ1) is 14.1. The van der Waals surface area contributed by atoms with Crippen molar-refractivity contribution in [1.29, 1.82) is 0 Å². The van der Waals surface area contributed by atoms with Crippen LogP contribution in [0.4, 0.5) is 0 Å². The van der Waals surface area contributed by atoms with Crippen molar-refractivity contribution in [1.82, 2.24) is 10.2 Å². The highest BCUT2D eigenvalue weighted by Crippen LogP contribution is 2.41. The van der Waals surface area contributed by atoms with Crippen molar-refractivity contribution >= 4 is 0 Å². The number of benzene rings is 1. The minimum Gasteiger partial charge on any atom is -0.310 e. The molecule has 0 amide bonds. The summed E-state index contributed by atoms with van der Waals surface area (Å²) in [4.78, 5) is 2.61. The van der Waals surface area contributed by atoms with E-state index in [-0.39, 0.29) is 0 Å². The van der Waals surface area contributed by atoms with E-state index in [4.69, 9.17) is 0 Å². The first-order valence-corrected chi connectivity index (χ1v) is 8.31. The normalized spacial score (nSPS) is 26.1. The summed E-state index contributed by atoms with van der Waals surface area (Å²) in [5.41, 5.74) is 4.62. The fraction of sp³-hybridized carbons (Fsp3) is 0.667. The smallest absolute Gasteiger partial charge is 0.0328 e. The Morgan fingerprint density at radius 3 is 2.85 bits per heavy atom. The molecule has 0 bridgehead atoms. The first-order valence-electron chi connectivity index (χ1n) is 8.31. The molecule has 1 aliphatic carbocycles. The molecule has 0 radical (unpaired) electrons. The highest BCUT2D eigenvalue weighted by Gasteiger charge is 2.28. The van der Waals surface area contributed by atoms with Gasteiger partial charge in [0.25, 0.3) is 0 Å². The molecule has 1 fully saturated rings. The van der Waals surface area contributed by atoms with E-state index in [0.717, 1.165) is 6.54 Å². The molecule has 1 N–H and O–H groups in total. The predicted molar refractivity (Wildman–Crippen MR) is 85.2 cm³/mol. The summed E-state index contributed by atoms with van der Waals surface area (Å²) in [6.07, 6.45) is 5.36. The van der Waals surface area contributed by atoms with E-state index in [2.05, 4.69) is 42.3 Å². The van der Waals surface area contributed by atoms with Crippen LogP contribution < -0.4 is 5.32 Å². The van der Waals surface area contributed by atoms with Gasteiger partial charge in [0.2, 0.25) is 0 Å². The molecule has 2 nitrogen and oxygen atoms in total. The molecule has 2 aliphatic rings. The summed E-state index contributed by atoms with van der Waals surface area (Å²) in [6, 6.07) is 7.37. The van der Waals surface area contributed by atoms with Crippen LogP contribution in [0, 0.1) is 6.92 Å². The van der Waals surface area contributed by atoms with Gasteiger partial charge in [-0.15, -0.1) is 0 Å². The molecule has 0 saturated carbocycles. The van der Waals surface area contributed by atoms with Crippen LogP contribution in [0.15, 0.2) is 18.2 Å². The molecule has 110 valence electrons. The van der Waals surface area contributed by atoms with Crippen LogP contribution >= 0.6 is 0 Å². The second kappa shape index (κ2) is 6.28. The van der Waals surface area contributed by atoms with Gasteiger partial charge >= 0.3 is 0 Å². The van der Waals surface area contributed by atoms with Gasteiger partial charge in [0.15, 0.2) is 0 Å². The van der Waals surface area contributed by atoms with E-state index in [9.17, 15) is 0 Å². The Bertz CT molecular complexity index is 449. The molecular formula is C18H28N2. The molecule has 1 aromatic rings. The highest BCUT2D eigenvalue weighted by atomic mass is 15.1. The largest absolute Gasteiger partial charge is 0.310 e. The van der Waals surface area contributed by atoms with Crippen molar-refractivity contribution in [2.24, 2.45) is 0 Å². The first-order chi connectivity index (χ1) is 9.75. The van der Waals surface area contributed by atoms with Crippen molar-refractivity contribution in [2.45, 2.75) is 51.5 Å². The molecule has 1 heterocycles. The summed E-state index contributed by atoms with van der Waals surface area (Å²) < 4.78 is 0. The molecule has 0 unspecified atom stereocenters. The van der Waals surface area contributed by atoms with Gasteiger partial charge in [-0.05, 0) is 81.4 Å². The second-order valence-corrected chi connectivity index (χ2v) is 6.62. The van der Waals surface area contributed by atoms with E-state index >= 15 is 0 Å². The van der Waals surface area contributed by atoms with Crippen LogP contribution in [-0.2, 0) is 0 Å². The number of rotatable bonds is 5. The lowest BCUT2D eigenvalue weighted by atomic mass is 9.98. The van der Waals surface area contributed by atoms with Crippen LogP contribution in [0.25, 0.3) is 0 Å². The molecule has 1 aliphatic heterocycles. The quantitative estimate of drug-likeness (QED) is 0.824. The van der Waals surface area contributed by atoms with Gasteiger partial charge in [-0.3, -0.25) is 0 Å². The van der Waals surface area contributed by atoms with Crippen molar-refractivity contribution in [3.63, 3.8) is 0 Å². The monoisotopic (exact) mass is 272 g/mol.